The maximum Gasteiger partial charge on any atom is 0.0680 e. The van der Waals surface area contributed by atoms with Crippen LogP contribution in [0.15, 0.2) is 60.7 Å². The van der Waals surface area contributed by atoms with Gasteiger partial charge < -0.3 is 0 Å². The van der Waals surface area contributed by atoms with Gasteiger partial charge in [-0.2, -0.15) is 10.2 Å². The molecule has 4 heterocycles. The molecule has 2 aliphatic heterocycles. The highest BCUT2D eigenvalue weighted by Crippen LogP contribution is 2.26. The van der Waals surface area contributed by atoms with Crippen molar-refractivity contribution in [1.29, 1.82) is 0 Å². The maximum atomic E-state index is 4.91. The monoisotopic (exact) mass is 366 g/mol. The summed E-state index contributed by atoms with van der Waals surface area (Å²) in [6.07, 6.45) is 6.21. The first-order valence-electron chi connectivity index (χ1n) is 10.2. The van der Waals surface area contributed by atoms with Crippen LogP contribution in [0.4, 0.5) is 0 Å². The van der Waals surface area contributed by atoms with Crippen molar-refractivity contribution in [3.8, 4) is 11.4 Å². The Labute approximate surface area is 164 Å². The normalized spacial score (nSPS) is 14.1. The molecule has 2 aromatic carbocycles. The molecule has 6 rings (SSSR count). The Hall–Kier alpha value is -3.14. The maximum absolute atomic E-state index is 4.91. The van der Waals surface area contributed by atoms with Crippen LogP contribution >= 0.6 is 0 Å². The van der Waals surface area contributed by atoms with E-state index >= 15 is 0 Å². The molecule has 0 bridgehead atoms. The van der Waals surface area contributed by atoms with Gasteiger partial charge in [-0.25, -0.2) is 9.36 Å². The Bertz CT molecular complexity index is 1090. The summed E-state index contributed by atoms with van der Waals surface area (Å²) >= 11 is 0. The predicted octanol–water partition coefficient (Wildman–Crippen LogP) is 4.04. The number of hydrogen-bond donors (Lipinski definition) is 0. The Kier molecular flexibility index (Phi) is 3.51. The predicted molar refractivity (Wildman–Crippen MR) is 109 cm³/mol. The van der Waals surface area contributed by atoms with Crippen LogP contribution in [0.25, 0.3) is 11.4 Å². The third-order valence-corrected chi connectivity index (χ3v) is 6.05. The summed E-state index contributed by atoms with van der Waals surface area (Å²) in [6, 6.07) is 21.8. The molecular weight excluding hydrogens is 344 g/mol. The molecule has 4 aromatic rings. The molecule has 0 N–H and O–H groups in total. The molecule has 28 heavy (non-hydrogen) atoms. The summed E-state index contributed by atoms with van der Waals surface area (Å²) in [5.74, 6) is 0. The van der Waals surface area contributed by atoms with Gasteiger partial charge in [-0.05, 0) is 73.9 Å². The van der Waals surface area contributed by atoms with Gasteiger partial charge >= 0.3 is 0 Å². The van der Waals surface area contributed by atoms with Crippen molar-refractivity contribution in [2.24, 2.45) is 0 Å². The van der Waals surface area contributed by atoms with Gasteiger partial charge in [0.25, 0.3) is 0 Å². The zero-order valence-corrected chi connectivity index (χ0v) is 15.8. The number of rotatable bonds is 3. The first-order valence-corrected chi connectivity index (χ1v) is 10.2. The topological polar surface area (TPSA) is 35.6 Å². The molecule has 0 amide bonds. The van der Waals surface area contributed by atoms with Gasteiger partial charge in [0, 0.05) is 11.4 Å². The molecule has 4 heteroatoms. The van der Waals surface area contributed by atoms with E-state index in [9.17, 15) is 0 Å². The van der Waals surface area contributed by atoms with Crippen LogP contribution in [0.1, 0.15) is 33.9 Å². The van der Waals surface area contributed by atoms with Crippen LogP contribution in [0, 0.1) is 0 Å². The number of fused-ring (bicyclic) bond motifs is 6. The zero-order chi connectivity index (χ0) is 18.5. The number of para-hydroxylation sites is 2. The average Bonchev–Trinajstić information content (AvgIpc) is 3.36. The number of benzene rings is 2. The minimum atomic E-state index is 0.931. The van der Waals surface area contributed by atoms with E-state index < -0.39 is 0 Å². The Balaban J connectivity index is 1.25. The van der Waals surface area contributed by atoms with E-state index in [0.29, 0.717) is 0 Å². The highest BCUT2D eigenvalue weighted by atomic mass is 15.3. The molecule has 2 aliphatic rings. The van der Waals surface area contributed by atoms with Gasteiger partial charge in [0.15, 0.2) is 0 Å². The number of aromatic nitrogens is 4. The molecule has 0 atom stereocenters. The first-order chi connectivity index (χ1) is 13.8. The molecule has 0 aliphatic carbocycles. The fraction of sp³-hybridized carbons (Fsp3) is 0.250. The quantitative estimate of drug-likeness (QED) is 0.549. The van der Waals surface area contributed by atoms with Crippen molar-refractivity contribution >= 4 is 0 Å². The molecule has 0 saturated heterocycles. The summed E-state index contributed by atoms with van der Waals surface area (Å²) < 4.78 is 4.28. The van der Waals surface area contributed by atoms with E-state index in [1.54, 1.807) is 0 Å². The lowest BCUT2D eigenvalue weighted by Crippen LogP contribution is -2.12. The van der Waals surface area contributed by atoms with Crippen LogP contribution in [-0.2, 0) is 38.5 Å². The van der Waals surface area contributed by atoms with E-state index in [1.165, 1.54) is 33.9 Å². The molecular formula is C24H22N4. The summed E-state index contributed by atoms with van der Waals surface area (Å²) in [6.45, 7) is 0. The van der Waals surface area contributed by atoms with Gasteiger partial charge in [0.1, 0.15) is 0 Å². The fourth-order valence-electron chi connectivity index (χ4n) is 4.61. The van der Waals surface area contributed by atoms with Crippen LogP contribution in [-0.4, -0.2) is 19.6 Å². The number of nitrogens with zero attached hydrogens (tertiary/aromatic N) is 4. The standard InChI is InChI=1S/C24H22N4/c1-3-7-23-17(5-1)9-13-21-15-19(25-27(21)23)11-12-20-16-22-14-10-18-6-2-4-8-24(18)28(22)26-20/h1-8,15-16H,9-14H2. The minimum absolute atomic E-state index is 0.931. The third kappa shape index (κ3) is 2.52. The molecule has 4 nitrogen and oxygen atoms in total. The van der Waals surface area contributed by atoms with Gasteiger partial charge in [-0.15, -0.1) is 0 Å². The molecule has 0 fully saturated rings. The lowest BCUT2D eigenvalue weighted by molar-refractivity contribution is 0.713. The van der Waals surface area contributed by atoms with Gasteiger partial charge in [0.2, 0.25) is 0 Å². The van der Waals surface area contributed by atoms with E-state index in [4.69, 9.17) is 10.2 Å². The molecule has 0 saturated carbocycles. The lowest BCUT2D eigenvalue weighted by atomic mass is 10.0. The molecule has 138 valence electrons. The summed E-state index contributed by atoms with van der Waals surface area (Å²) in [4.78, 5) is 0. The Morgan fingerprint density at radius 1 is 0.607 bits per heavy atom. The molecule has 0 unspecified atom stereocenters. The highest BCUT2D eigenvalue weighted by Gasteiger charge is 2.20. The first kappa shape index (κ1) is 15.9. The van der Waals surface area contributed by atoms with Crippen molar-refractivity contribution in [3.63, 3.8) is 0 Å². The number of hydrogen-bond acceptors (Lipinski definition) is 2. The van der Waals surface area contributed by atoms with Crippen molar-refractivity contribution < 1.29 is 0 Å². The smallest absolute Gasteiger partial charge is 0.0680 e. The van der Waals surface area contributed by atoms with Crippen LogP contribution in [0.3, 0.4) is 0 Å². The summed E-state index contributed by atoms with van der Waals surface area (Å²) in [7, 11) is 0. The lowest BCUT2D eigenvalue weighted by Gasteiger charge is -2.17. The van der Waals surface area contributed by atoms with E-state index in [-0.39, 0.29) is 0 Å². The molecule has 0 radical (unpaired) electrons. The van der Waals surface area contributed by atoms with E-state index in [2.05, 4.69) is 70.0 Å². The van der Waals surface area contributed by atoms with Crippen molar-refractivity contribution in [1.82, 2.24) is 19.6 Å². The zero-order valence-electron chi connectivity index (χ0n) is 15.8. The highest BCUT2D eigenvalue weighted by molar-refractivity contribution is 5.46. The molecule has 2 aromatic heterocycles. The van der Waals surface area contributed by atoms with Crippen molar-refractivity contribution in [2.75, 3.05) is 0 Å². The van der Waals surface area contributed by atoms with E-state index in [1.807, 2.05) is 0 Å². The Morgan fingerprint density at radius 2 is 1.07 bits per heavy atom. The van der Waals surface area contributed by atoms with Crippen LogP contribution in [0.5, 0.6) is 0 Å². The fourth-order valence-corrected chi connectivity index (χ4v) is 4.61. The van der Waals surface area contributed by atoms with Gasteiger partial charge in [-0.3, -0.25) is 0 Å². The molecule has 0 spiro atoms. The van der Waals surface area contributed by atoms with Gasteiger partial charge in [-0.1, -0.05) is 36.4 Å². The van der Waals surface area contributed by atoms with Crippen molar-refractivity contribution in [2.45, 2.75) is 38.5 Å². The SMILES string of the molecule is c1ccc2c(c1)CCc1cc(CCc3cc4n(n3)-c3ccccc3CC4)nn1-2. The summed E-state index contributed by atoms with van der Waals surface area (Å²) in [5.41, 5.74) is 10.2. The second kappa shape index (κ2) is 6.20. The largest absolute Gasteiger partial charge is 0.237 e. The average molecular weight is 366 g/mol. The van der Waals surface area contributed by atoms with Crippen LogP contribution in [0.2, 0.25) is 0 Å². The second-order valence-electron chi connectivity index (χ2n) is 7.84. The number of aryl methyl sites for hydroxylation is 6. The minimum Gasteiger partial charge on any atom is -0.237 e. The second-order valence-corrected chi connectivity index (χ2v) is 7.84. The van der Waals surface area contributed by atoms with Gasteiger partial charge in [0.05, 0.1) is 22.8 Å². The van der Waals surface area contributed by atoms with Crippen LogP contribution < -0.4 is 0 Å². The summed E-state index contributed by atoms with van der Waals surface area (Å²) in [5, 5.41) is 9.81. The van der Waals surface area contributed by atoms with Crippen molar-refractivity contribution in [3.05, 3.63) is 94.6 Å². The Morgan fingerprint density at radius 3 is 1.57 bits per heavy atom. The third-order valence-electron chi connectivity index (χ3n) is 6.05. The van der Waals surface area contributed by atoms with E-state index in [0.717, 1.165) is 49.9 Å².